The maximum absolute atomic E-state index is 12.3. The average molecular weight is 251 g/mol. The summed E-state index contributed by atoms with van der Waals surface area (Å²) in [6, 6.07) is -0.369. The molecule has 0 aromatic heterocycles. The van der Waals surface area contributed by atoms with Gasteiger partial charge in [0, 0.05) is 12.5 Å². The number of Topliss-reactive ketones (excluding diaryl/α,β-unsaturated/α-hetero) is 1. The lowest BCUT2D eigenvalue weighted by molar-refractivity contribution is -0.143. The number of hydrogen-bond acceptors (Lipinski definition) is 3. The molecule has 1 saturated carbocycles. The molecule has 2 rings (SSSR count). The number of carbonyl (C=O) groups is 1. The molecule has 1 saturated heterocycles. The summed E-state index contributed by atoms with van der Waals surface area (Å²) in [5, 5.41) is 0. The Morgan fingerprint density at radius 3 is 2.83 bits per heavy atom. The van der Waals surface area contributed by atoms with Crippen LogP contribution in [0.25, 0.3) is 0 Å². The maximum Gasteiger partial charge on any atom is 0.153 e. The molecule has 2 N–H and O–H groups in total. The molecule has 1 aliphatic heterocycles. The number of rotatable bonds is 4. The third kappa shape index (κ3) is 3.01. The van der Waals surface area contributed by atoms with Gasteiger partial charge in [-0.3, -0.25) is 4.79 Å². The second kappa shape index (κ2) is 5.98. The Labute approximate surface area is 110 Å². The van der Waals surface area contributed by atoms with E-state index < -0.39 is 0 Å². The molecule has 0 aromatic rings. The molecule has 2 fully saturated rings. The molecule has 0 aromatic carbocycles. The first-order chi connectivity index (χ1) is 8.67. The highest BCUT2D eigenvalue weighted by Crippen LogP contribution is 2.41. The predicted molar refractivity (Wildman–Crippen MR) is 72.3 cm³/mol. The fraction of sp³-hybridized carbons (Fsp3) is 0.800. The fourth-order valence-corrected chi connectivity index (χ4v) is 3.41. The van der Waals surface area contributed by atoms with Gasteiger partial charge < -0.3 is 10.5 Å². The van der Waals surface area contributed by atoms with Crippen molar-refractivity contribution in [3.63, 3.8) is 0 Å². The van der Waals surface area contributed by atoms with Crippen molar-refractivity contribution in [2.24, 2.45) is 11.7 Å². The van der Waals surface area contributed by atoms with Crippen molar-refractivity contribution in [3.05, 3.63) is 12.7 Å². The number of ether oxygens (including phenoxy) is 1. The van der Waals surface area contributed by atoms with Gasteiger partial charge in [0.25, 0.3) is 0 Å². The van der Waals surface area contributed by atoms with E-state index in [0.717, 1.165) is 32.3 Å². The monoisotopic (exact) mass is 251 g/mol. The van der Waals surface area contributed by atoms with Crippen LogP contribution in [0.3, 0.4) is 0 Å². The molecule has 0 amide bonds. The van der Waals surface area contributed by atoms with Crippen molar-refractivity contribution in [1.82, 2.24) is 0 Å². The van der Waals surface area contributed by atoms with E-state index in [4.69, 9.17) is 10.5 Å². The minimum atomic E-state index is -0.369. The molecule has 2 atom stereocenters. The summed E-state index contributed by atoms with van der Waals surface area (Å²) in [7, 11) is 0. The van der Waals surface area contributed by atoms with Crippen LogP contribution in [0.1, 0.15) is 51.4 Å². The topological polar surface area (TPSA) is 52.3 Å². The van der Waals surface area contributed by atoms with E-state index in [2.05, 4.69) is 6.58 Å². The standard InChI is InChI=1S/C15H25NO2/c1-2-6-13(16)14(17)12-7-10-18-15(11-12)8-4-3-5-9-15/h2,12-13H,1,3-11,16H2. The zero-order chi connectivity index (χ0) is 13.0. The summed E-state index contributed by atoms with van der Waals surface area (Å²) in [4.78, 5) is 12.3. The molecule has 2 unspecified atom stereocenters. The van der Waals surface area contributed by atoms with Gasteiger partial charge in [0.05, 0.1) is 11.6 Å². The fourth-order valence-electron chi connectivity index (χ4n) is 3.41. The lowest BCUT2D eigenvalue weighted by Crippen LogP contribution is -2.46. The van der Waals surface area contributed by atoms with Crippen LogP contribution in [-0.2, 0) is 9.53 Å². The molecule has 3 heteroatoms. The number of nitrogens with two attached hydrogens (primary N) is 1. The van der Waals surface area contributed by atoms with Gasteiger partial charge in [-0.25, -0.2) is 0 Å². The highest BCUT2D eigenvalue weighted by atomic mass is 16.5. The first-order valence-corrected chi connectivity index (χ1v) is 7.21. The van der Waals surface area contributed by atoms with Crippen molar-refractivity contribution in [2.75, 3.05) is 6.61 Å². The predicted octanol–water partition coefficient (Wildman–Crippen LogP) is 2.59. The van der Waals surface area contributed by atoms with Gasteiger partial charge in [0.1, 0.15) is 0 Å². The van der Waals surface area contributed by atoms with Crippen LogP contribution < -0.4 is 5.73 Å². The number of carbonyl (C=O) groups excluding carboxylic acids is 1. The Morgan fingerprint density at radius 2 is 2.17 bits per heavy atom. The smallest absolute Gasteiger partial charge is 0.153 e. The van der Waals surface area contributed by atoms with E-state index in [9.17, 15) is 4.79 Å². The largest absolute Gasteiger partial charge is 0.375 e. The van der Waals surface area contributed by atoms with Crippen molar-refractivity contribution in [3.8, 4) is 0 Å². The summed E-state index contributed by atoms with van der Waals surface area (Å²) in [5.41, 5.74) is 5.91. The van der Waals surface area contributed by atoms with Crippen molar-refractivity contribution in [1.29, 1.82) is 0 Å². The van der Waals surface area contributed by atoms with E-state index in [1.54, 1.807) is 6.08 Å². The van der Waals surface area contributed by atoms with Gasteiger partial charge in [0.15, 0.2) is 5.78 Å². The first-order valence-electron chi connectivity index (χ1n) is 7.21. The quantitative estimate of drug-likeness (QED) is 0.781. The molecule has 0 bridgehead atoms. The Kier molecular flexibility index (Phi) is 4.57. The van der Waals surface area contributed by atoms with Gasteiger partial charge in [-0.1, -0.05) is 25.3 Å². The molecule has 3 nitrogen and oxygen atoms in total. The number of hydrogen-bond donors (Lipinski definition) is 1. The molecule has 1 heterocycles. The Hall–Kier alpha value is -0.670. The average Bonchev–Trinajstić information content (AvgIpc) is 2.39. The van der Waals surface area contributed by atoms with Crippen molar-refractivity contribution in [2.45, 2.75) is 63.0 Å². The minimum Gasteiger partial charge on any atom is -0.375 e. The molecule has 1 aliphatic carbocycles. The SMILES string of the molecule is C=CCC(N)C(=O)C1CCOC2(CCCCC2)C1. The summed E-state index contributed by atoms with van der Waals surface area (Å²) < 4.78 is 6.01. The first kappa shape index (κ1) is 13.8. The van der Waals surface area contributed by atoms with Gasteiger partial charge in [-0.2, -0.15) is 0 Å². The van der Waals surface area contributed by atoms with Crippen LogP contribution >= 0.6 is 0 Å². The second-order valence-electron chi connectivity index (χ2n) is 5.82. The van der Waals surface area contributed by atoms with Crippen LogP contribution in [0, 0.1) is 5.92 Å². The molecule has 1 spiro atoms. The molecule has 18 heavy (non-hydrogen) atoms. The molecular formula is C15H25NO2. The van der Waals surface area contributed by atoms with Crippen LogP contribution in [0.2, 0.25) is 0 Å². The zero-order valence-electron chi connectivity index (χ0n) is 11.2. The second-order valence-corrected chi connectivity index (χ2v) is 5.82. The van der Waals surface area contributed by atoms with E-state index >= 15 is 0 Å². The highest BCUT2D eigenvalue weighted by molar-refractivity contribution is 5.86. The van der Waals surface area contributed by atoms with Crippen molar-refractivity contribution >= 4 is 5.78 Å². The molecule has 0 radical (unpaired) electrons. The van der Waals surface area contributed by atoms with Crippen LogP contribution in [0.4, 0.5) is 0 Å². The van der Waals surface area contributed by atoms with E-state index in [1.807, 2.05) is 0 Å². The Balaban J connectivity index is 1.97. The minimum absolute atomic E-state index is 0.00920. The van der Waals surface area contributed by atoms with Gasteiger partial charge >= 0.3 is 0 Å². The Bertz CT molecular complexity index is 302. The van der Waals surface area contributed by atoms with E-state index in [0.29, 0.717) is 6.42 Å². The Morgan fingerprint density at radius 1 is 1.44 bits per heavy atom. The summed E-state index contributed by atoms with van der Waals surface area (Å²) in [6.45, 7) is 4.37. The highest BCUT2D eigenvalue weighted by Gasteiger charge is 2.41. The van der Waals surface area contributed by atoms with Crippen molar-refractivity contribution < 1.29 is 9.53 Å². The van der Waals surface area contributed by atoms with E-state index in [-0.39, 0.29) is 23.3 Å². The van der Waals surface area contributed by atoms with Gasteiger partial charge in [-0.05, 0) is 32.1 Å². The summed E-state index contributed by atoms with van der Waals surface area (Å²) in [5.74, 6) is 0.315. The van der Waals surface area contributed by atoms with Gasteiger partial charge in [0.2, 0.25) is 0 Å². The van der Waals surface area contributed by atoms with Crippen LogP contribution in [0.15, 0.2) is 12.7 Å². The molecule has 102 valence electrons. The number of ketones is 1. The summed E-state index contributed by atoms with van der Waals surface area (Å²) >= 11 is 0. The van der Waals surface area contributed by atoms with E-state index in [1.165, 1.54) is 19.3 Å². The summed E-state index contributed by atoms with van der Waals surface area (Å²) in [6.07, 6.45) is 10.1. The van der Waals surface area contributed by atoms with Gasteiger partial charge in [-0.15, -0.1) is 6.58 Å². The lowest BCUT2D eigenvalue weighted by Gasteiger charge is -2.43. The third-order valence-electron chi connectivity index (χ3n) is 4.45. The zero-order valence-corrected chi connectivity index (χ0v) is 11.2. The molecular weight excluding hydrogens is 226 g/mol. The van der Waals surface area contributed by atoms with Crippen LogP contribution in [-0.4, -0.2) is 24.0 Å². The lowest BCUT2D eigenvalue weighted by atomic mass is 9.74. The maximum atomic E-state index is 12.3. The third-order valence-corrected chi connectivity index (χ3v) is 4.45. The normalized spacial score (nSPS) is 28.8. The van der Waals surface area contributed by atoms with Crippen LogP contribution in [0.5, 0.6) is 0 Å². The molecule has 2 aliphatic rings.